The van der Waals surface area contributed by atoms with Gasteiger partial charge in [0, 0.05) is 49.9 Å². The molecule has 0 saturated carbocycles. The number of hydrogen-bond acceptors (Lipinski definition) is 3. The summed E-state index contributed by atoms with van der Waals surface area (Å²) in [5.74, 6) is -0.538. The van der Waals surface area contributed by atoms with E-state index in [2.05, 4.69) is 21.4 Å². The van der Waals surface area contributed by atoms with Gasteiger partial charge in [0.2, 0.25) is 11.8 Å². The molecule has 0 fully saturated rings. The largest absolute Gasteiger partial charge is 0.361 e. The summed E-state index contributed by atoms with van der Waals surface area (Å²) in [4.78, 5) is 34.0. The summed E-state index contributed by atoms with van der Waals surface area (Å²) in [5, 5.41) is 4.20. The minimum atomic E-state index is -0.429. The van der Waals surface area contributed by atoms with Gasteiger partial charge in [0.1, 0.15) is 0 Å². The first-order chi connectivity index (χ1) is 13.1. The van der Waals surface area contributed by atoms with Crippen LogP contribution in [-0.4, -0.2) is 39.8 Å². The second-order valence-electron chi connectivity index (χ2n) is 6.90. The molecule has 1 aromatic carbocycles. The topological polar surface area (TPSA) is 78.1 Å². The van der Waals surface area contributed by atoms with Crippen molar-refractivity contribution in [2.45, 2.75) is 25.8 Å². The van der Waals surface area contributed by atoms with Crippen LogP contribution in [0.5, 0.6) is 0 Å². The van der Waals surface area contributed by atoms with E-state index in [0.29, 0.717) is 19.6 Å². The fraction of sp³-hybridized carbons (Fsp3) is 0.286. The van der Waals surface area contributed by atoms with Crippen molar-refractivity contribution in [2.75, 3.05) is 13.1 Å². The van der Waals surface area contributed by atoms with E-state index in [4.69, 9.17) is 0 Å². The highest BCUT2D eigenvalue weighted by atomic mass is 16.2. The van der Waals surface area contributed by atoms with E-state index in [9.17, 15) is 9.59 Å². The maximum absolute atomic E-state index is 12.8. The standard InChI is InChI=1S/C21H22N4O2/c1-14(26)25-12-16-5-4-9-22-20(16)18(13-25)21(27)23-10-8-15-11-24-19-7-3-2-6-17(15)19/h2-7,9,11,18,24H,8,10,12-13H2,1H3,(H,23,27). The van der Waals surface area contributed by atoms with Crippen LogP contribution in [0, 0.1) is 0 Å². The van der Waals surface area contributed by atoms with Crippen LogP contribution in [0.3, 0.4) is 0 Å². The fourth-order valence-corrected chi connectivity index (χ4v) is 3.70. The monoisotopic (exact) mass is 362 g/mol. The number of nitrogens with zero attached hydrogens (tertiary/aromatic N) is 2. The molecule has 1 aliphatic rings. The van der Waals surface area contributed by atoms with Gasteiger partial charge in [-0.3, -0.25) is 14.6 Å². The molecule has 138 valence electrons. The second-order valence-corrected chi connectivity index (χ2v) is 6.90. The van der Waals surface area contributed by atoms with Gasteiger partial charge in [-0.15, -0.1) is 0 Å². The normalized spacial score (nSPS) is 16.2. The Kier molecular flexibility index (Phi) is 4.62. The number of amides is 2. The van der Waals surface area contributed by atoms with Crippen molar-refractivity contribution < 1.29 is 9.59 Å². The zero-order valence-corrected chi connectivity index (χ0v) is 15.2. The number of aromatic nitrogens is 2. The van der Waals surface area contributed by atoms with E-state index >= 15 is 0 Å². The molecule has 4 rings (SSSR count). The van der Waals surface area contributed by atoms with Crippen molar-refractivity contribution >= 4 is 22.7 Å². The number of hydrogen-bond donors (Lipinski definition) is 2. The van der Waals surface area contributed by atoms with Crippen molar-refractivity contribution in [1.29, 1.82) is 0 Å². The van der Waals surface area contributed by atoms with E-state index in [1.807, 2.05) is 36.5 Å². The third-order valence-electron chi connectivity index (χ3n) is 5.15. The number of carbonyl (C=O) groups excluding carboxylic acids is 2. The second kappa shape index (κ2) is 7.23. The number of fused-ring (bicyclic) bond motifs is 2. The molecule has 2 aromatic heterocycles. The number of para-hydroxylation sites is 1. The van der Waals surface area contributed by atoms with E-state index in [1.54, 1.807) is 11.1 Å². The predicted octanol–water partition coefficient (Wildman–Crippen LogP) is 2.37. The number of benzene rings is 1. The van der Waals surface area contributed by atoms with Crippen LogP contribution in [0.4, 0.5) is 0 Å². The maximum Gasteiger partial charge on any atom is 0.230 e. The number of carbonyl (C=O) groups is 2. The Hall–Kier alpha value is -3.15. The van der Waals surface area contributed by atoms with Crippen LogP contribution in [0.15, 0.2) is 48.8 Å². The quantitative estimate of drug-likeness (QED) is 0.748. The van der Waals surface area contributed by atoms with Gasteiger partial charge in [0.25, 0.3) is 0 Å². The van der Waals surface area contributed by atoms with Gasteiger partial charge >= 0.3 is 0 Å². The van der Waals surface area contributed by atoms with Gasteiger partial charge < -0.3 is 15.2 Å². The first-order valence-corrected chi connectivity index (χ1v) is 9.15. The van der Waals surface area contributed by atoms with E-state index in [-0.39, 0.29) is 11.8 Å². The molecular weight excluding hydrogens is 340 g/mol. The highest BCUT2D eigenvalue weighted by Gasteiger charge is 2.32. The summed E-state index contributed by atoms with van der Waals surface area (Å²) in [6, 6.07) is 11.9. The SMILES string of the molecule is CC(=O)N1Cc2cccnc2C(C(=O)NCCc2c[nH]c3ccccc23)C1. The lowest BCUT2D eigenvalue weighted by Gasteiger charge is -2.32. The average molecular weight is 362 g/mol. The molecule has 0 saturated heterocycles. The molecule has 3 aromatic rings. The highest BCUT2D eigenvalue weighted by Crippen LogP contribution is 2.26. The number of rotatable bonds is 4. The number of H-pyrrole nitrogens is 1. The Bertz CT molecular complexity index is 995. The smallest absolute Gasteiger partial charge is 0.230 e. The molecular formula is C21H22N4O2. The van der Waals surface area contributed by atoms with Crippen LogP contribution in [0.25, 0.3) is 10.9 Å². The van der Waals surface area contributed by atoms with Crippen LogP contribution in [0.2, 0.25) is 0 Å². The van der Waals surface area contributed by atoms with Gasteiger partial charge in [0.15, 0.2) is 0 Å². The molecule has 1 aliphatic heterocycles. The Morgan fingerprint density at radius 3 is 2.96 bits per heavy atom. The lowest BCUT2D eigenvalue weighted by molar-refractivity contribution is -0.131. The summed E-state index contributed by atoms with van der Waals surface area (Å²) in [6.45, 7) is 2.96. The number of aromatic amines is 1. The third-order valence-corrected chi connectivity index (χ3v) is 5.15. The lowest BCUT2D eigenvalue weighted by atomic mass is 9.93. The van der Waals surface area contributed by atoms with E-state index < -0.39 is 5.92 Å². The summed E-state index contributed by atoms with van der Waals surface area (Å²) in [7, 11) is 0. The van der Waals surface area contributed by atoms with Crippen LogP contribution in [0.1, 0.15) is 29.7 Å². The third kappa shape index (κ3) is 3.43. The molecule has 6 nitrogen and oxygen atoms in total. The van der Waals surface area contributed by atoms with Crippen molar-refractivity contribution in [3.05, 3.63) is 65.6 Å². The molecule has 2 amide bonds. The molecule has 27 heavy (non-hydrogen) atoms. The highest BCUT2D eigenvalue weighted by molar-refractivity contribution is 5.86. The minimum Gasteiger partial charge on any atom is -0.361 e. The fourth-order valence-electron chi connectivity index (χ4n) is 3.70. The molecule has 2 N–H and O–H groups in total. The Labute approximate surface area is 157 Å². The van der Waals surface area contributed by atoms with Crippen molar-refractivity contribution in [1.82, 2.24) is 20.2 Å². The zero-order valence-electron chi connectivity index (χ0n) is 15.2. The molecule has 1 atom stereocenters. The molecule has 0 spiro atoms. The van der Waals surface area contributed by atoms with E-state index in [1.165, 1.54) is 17.9 Å². The van der Waals surface area contributed by atoms with Crippen LogP contribution in [-0.2, 0) is 22.6 Å². The van der Waals surface area contributed by atoms with Crippen molar-refractivity contribution in [2.24, 2.45) is 0 Å². The molecule has 1 unspecified atom stereocenters. The molecule has 0 bridgehead atoms. The molecule has 6 heteroatoms. The minimum absolute atomic E-state index is 0.0268. The zero-order chi connectivity index (χ0) is 18.8. The summed E-state index contributed by atoms with van der Waals surface area (Å²) >= 11 is 0. The average Bonchev–Trinajstić information content (AvgIpc) is 3.10. The maximum atomic E-state index is 12.8. The van der Waals surface area contributed by atoms with Crippen LogP contribution >= 0.6 is 0 Å². The van der Waals surface area contributed by atoms with E-state index in [0.717, 1.165) is 23.2 Å². The van der Waals surface area contributed by atoms with Crippen molar-refractivity contribution in [3.8, 4) is 0 Å². The van der Waals surface area contributed by atoms with Crippen molar-refractivity contribution in [3.63, 3.8) is 0 Å². The lowest BCUT2D eigenvalue weighted by Crippen LogP contribution is -2.43. The first kappa shape index (κ1) is 17.3. The Morgan fingerprint density at radius 1 is 1.26 bits per heavy atom. The Morgan fingerprint density at radius 2 is 2.11 bits per heavy atom. The van der Waals surface area contributed by atoms with Gasteiger partial charge in [-0.05, 0) is 29.7 Å². The van der Waals surface area contributed by atoms with Gasteiger partial charge in [0.05, 0.1) is 11.6 Å². The van der Waals surface area contributed by atoms with Gasteiger partial charge in [-0.2, -0.15) is 0 Å². The summed E-state index contributed by atoms with van der Waals surface area (Å²) in [6.07, 6.45) is 4.44. The number of nitrogens with one attached hydrogen (secondary N) is 2. The summed E-state index contributed by atoms with van der Waals surface area (Å²) in [5.41, 5.74) is 4.00. The molecule has 0 aliphatic carbocycles. The first-order valence-electron chi connectivity index (χ1n) is 9.15. The Balaban J connectivity index is 1.45. The predicted molar refractivity (Wildman–Crippen MR) is 103 cm³/mol. The molecule has 3 heterocycles. The van der Waals surface area contributed by atoms with Gasteiger partial charge in [-0.1, -0.05) is 24.3 Å². The number of pyridine rings is 1. The van der Waals surface area contributed by atoms with Gasteiger partial charge in [-0.25, -0.2) is 0 Å². The van der Waals surface area contributed by atoms with Crippen LogP contribution < -0.4 is 5.32 Å². The molecule has 0 radical (unpaired) electrons. The summed E-state index contributed by atoms with van der Waals surface area (Å²) < 4.78 is 0.